The molecule has 2 aromatic carbocycles. The lowest BCUT2D eigenvalue weighted by molar-refractivity contribution is 0.460. The van der Waals surface area contributed by atoms with Crippen LogP contribution in [0, 0.1) is 11.3 Å². The number of phenols is 2. The molecule has 0 spiro atoms. The van der Waals surface area contributed by atoms with Crippen LogP contribution in [0.1, 0.15) is 0 Å². The number of nitrogens with one attached hydrogen (secondary N) is 1. The second-order valence-corrected chi connectivity index (χ2v) is 9.65. The fourth-order valence-corrected chi connectivity index (χ4v) is 3.66. The molecule has 0 radical (unpaired) electrons. The maximum absolute atomic E-state index is 11.6. The van der Waals surface area contributed by atoms with E-state index in [2.05, 4.69) is 20.8 Å². The zero-order valence-corrected chi connectivity index (χ0v) is 16.7. The van der Waals surface area contributed by atoms with E-state index >= 15 is 0 Å². The highest BCUT2D eigenvalue weighted by atomic mass is 32.2. The number of nitrogens with zero attached hydrogens (tertiary/aromatic N) is 4. The van der Waals surface area contributed by atoms with E-state index in [1.165, 1.54) is 36.4 Å². The van der Waals surface area contributed by atoms with Gasteiger partial charge in [0.2, 0.25) is 0 Å². The molecule has 2 rings (SSSR count). The second-order valence-electron chi connectivity index (χ2n) is 5.68. The molecule has 0 atom stereocenters. The number of nitriles is 1. The number of azo groups is 1. The van der Waals surface area contributed by atoms with Crippen molar-refractivity contribution in [3.8, 4) is 17.6 Å². The van der Waals surface area contributed by atoms with E-state index < -0.39 is 37.0 Å². The molecular formula is C16H15N5O6S2. The minimum absolute atomic E-state index is 0.0993. The Kier molecular flexibility index (Phi) is 6.20. The molecule has 0 aliphatic carbocycles. The lowest BCUT2D eigenvalue weighted by atomic mass is 10.3. The molecular weight excluding hydrogens is 422 g/mol. The molecule has 13 heteroatoms. The average molecular weight is 437 g/mol. The summed E-state index contributed by atoms with van der Waals surface area (Å²) < 4.78 is 46.4. The Hall–Kier alpha value is -3.50. The summed E-state index contributed by atoms with van der Waals surface area (Å²) in [7, 11) is -7.39. The number of sulfone groups is 2. The van der Waals surface area contributed by atoms with Gasteiger partial charge in [-0.1, -0.05) is 12.1 Å². The average Bonchev–Trinajstić information content (AvgIpc) is 2.62. The summed E-state index contributed by atoms with van der Waals surface area (Å²) in [5.74, 6) is -1.77. The first-order valence-corrected chi connectivity index (χ1v) is 11.4. The number of hydrazone groups is 1. The van der Waals surface area contributed by atoms with Crippen LogP contribution >= 0.6 is 0 Å². The number of benzene rings is 2. The molecule has 0 fully saturated rings. The van der Waals surface area contributed by atoms with Crippen LogP contribution in [0.3, 0.4) is 0 Å². The molecule has 152 valence electrons. The van der Waals surface area contributed by atoms with Crippen molar-refractivity contribution < 1.29 is 27.0 Å². The monoisotopic (exact) mass is 437 g/mol. The van der Waals surface area contributed by atoms with Crippen molar-refractivity contribution in [2.45, 2.75) is 9.79 Å². The van der Waals surface area contributed by atoms with Crippen LogP contribution in [0.25, 0.3) is 0 Å². The fourth-order valence-electron chi connectivity index (χ4n) is 2.09. The highest BCUT2D eigenvalue weighted by Gasteiger charge is 2.17. The van der Waals surface area contributed by atoms with Crippen LogP contribution in [0.5, 0.6) is 11.5 Å². The van der Waals surface area contributed by atoms with Gasteiger partial charge in [0.15, 0.2) is 31.2 Å². The van der Waals surface area contributed by atoms with Gasteiger partial charge in [-0.05, 0) is 24.3 Å². The summed E-state index contributed by atoms with van der Waals surface area (Å²) in [6.45, 7) is 0. The van der Waals surface area contributed by atoms with E-state index in [0.717, 1.165) is 12.5 Å². The molecule has 0 bridgehead atoms. The van der Waals surface area contributed by atoms with Crippen molar-refractivity contribution in [3.63, 3.8) is 0 Å². The first-order chi connectivity index (χ1) is 13.4. The molecule has 0 saturated heterocycles. The normalized spacial score (nSPS) is 12.7. The molecule has 0 heterocycles. The molecule has 0 saturated carbocycles. The molecule has 2 aromatic rings. The number of amidine groups is 1. The summed E-state index contributed by atoms with van der Waals surface area (Å²) in [5, 5.41) is 39.8. The van der Waals surface area contributed by atoms with Crippen LogP contribution < -0.4 is 5.43 Å². The van der Waals surface area contributed by atoms with Gasteiger partial charge < -0.3 is 10.2 Å². The van der Waals surface area contributed by atoms with Gasteiger partial charge >= 0.3 is 0 Å². The Balaban J connectivity index is 2.33. The SMILES string of the molecule is CS(=O)(=O)c1cccc(/N=N/C(C#N)=N/Nc2cccc(S(C)(=O)=O)c2O)c1O. The molecule has 0 amide bonds. The maximum Gasteiger partial charge on any atom is 0.270 e. The minimum Gasteiger partial charge on any atom is -0.504 e. The van der Waals surface area contributed by atoms with Gasteiger partial charge in [0.1, 0.15) is 21.5 Å². The van der Waals surface area contributed by atoms with Crippen molar-refractivity contribution >= 4 is 36.9 Å². The third-order valence-electron chi connectivity index (χ3n) is 3.41. The molecule has 0 aliphatic heterocycles. The van der Waals surface area contributed by atoms with Crippen LogP contribution in [-0.4, -0.2) is 45.4 Å². The largest absolute Gasteiger partial charge is 0.504 e. The van der Waals surface area contributed by atoms with Gasteiger partial charge in [-0.3, -0.25) is 5.43 Å². The second kappa shape index (κ2) is 8.25. The summed E-state index contributed by atoms with van der Waals surface area (Å²) in [4.78, 5) is -0.689. The van der Waals surface area contributed by atoms with Gasteiger partial charge in [-0.15, -0.1) is 15.3 Å². The number of rotatable bonds is 5. The maximum atomic E-state index is 11.6. The summed E-state index contributed by atoms with van der Waals surface area (Å²) in [5.41, 5.74) is 1.99. The van der Waals surface area contributed by atoms with Crippen LogP contribution in [-0.2, 0) is 19.7 Å². The first-order valence-electron chi connectivity index (χ1n) is 7.64. The van der Waals surface area contributed by atoms with E-state index in [9.17, 15) is 27.0 Å². The molecule has 29 heavy (non-hydrogen) atoms. The lowest BCUT2D eigenvalue weighted by Crippen LogP contribution is -2.01. The van der Waals surface area contributed by atoms with E-state index in [4.69, 9.17) is 5.26 Å². The van der Waals surface area contributed by atoms with Gasteiger partial charge in [-0.2, -0.15) is 5.26 Å². The highest BCUT2D eigenvalue weighted by molar-refractivity contribution is 7.91. The van der Waals surface area contributed by atoms with Gasteiger partial charge in [0, 0.05) is 12.5 Å². The Labute approximate surface area is 166 Å². The molecule has 0 unspecified atom stereocenters. The number of para-hydroxylation sites is 2. The van der Waals surface area contributed by atoms with Crippen molar-refractivity contribution in [1.29, 1.82) is 5.26 Å². The van der Waals surface area contributed by atoms with Crippen LogP contribution in [0.4, 0.5) is 11.4 Å². The zero-order valence-electron chi connectivity index (χ0n) is 15.1. The van der Waals surface area contributed by atoms with Crippen molar-refractivity contribution in [2.75, 3.05) is 17.9 Å². The van der Waals surface area contributed by atoms with Gasteiger partial charge in [-0.25, -0.2) is 16.8 Å². The van der Waals surface area contributed by atoms with E-state index in [-0.39, 0.29) is 21.2 Å². The number of hydrogen-bond donors (Lipinski definition) is 3. The molecule has 0 aromatic heterocycles. The smallest absolute Gasteiger partial charge is 0.270 e. The lowest BCUT2D eigenvalue weighted by Gasteiger charge is -2.07. The zero-order chi connectivity index (χ0) is 21.8. The number of anilines is 1. The summed E-state index contributed by atoms with van der Waals surface area (Å²) in [6, 6.07) is 9.26. The summed E-state index contributed by atoms with van der Waals surface area (Å²) in [6.07, 6.45) is 1.83. The molecule has 3 N–H and O–H groups in total. The van der Waals surface area contributed by atoms with E-state index in [0.29, 0.717) is 0 Å². The Morgan fingerprint density at radius 1 is 0.966 bits per heavy atom. The number of aromatic hydroxyl groups is 2. The quantitative estimate of drug-likeness (QED) is 0.208. The van der Waals surface area contributed by atoms with Crippen molar-refractivity contribution in [3.05, 3.63) is 36.4 Å². The predicted molar refractivity (Wildman–Crippen MR) is 104 cm³/mol. The highest BCUT2D eigenvalue weighted by Crippen LogP contribution is 2.33. The fraction of sp³-hybridized carbons (Fsp3) is 0.125. The standard InChI is InChI=1S/C16H15N5O6S2/c1-28(24,25)12-7-3-5-10(15(12)22)18-20-14(9-17)21-19-11-6-4-8-13(16(11)23)29(2,26)27/h3-8,18,22-23H,1-2H3/b20-14+,21-19+. The Bertz CT molecular complexity index is 1260. The van der Waals surface area contributed by atoms with Crippen molar-refractivity contribution in [2.24, 2.45) is 15.3 Å². The Morgan fingerprint density at radius 2 is 1.52 bits per heavy atom. The van der Waals surface area contributed by atoms with E-state index in [1.807, 2.05) is 0 Å². The summed E-state index contributed by atoms with van der Waals surface area (Å²) >= 11 is 0. The van der Waals surface area contributed by atoms with Gasteiger partial charge in [0.05, 0.1) is 5.69 Å². The van der Waals surface area contributed by atoms with Gasteiger partial charge in [0.25, 0.3) is 5.84 Å². The third-order valence-corrected chi connectivity index (χ3v) is 5.67. The number of hydrogen-bond acceptors (Lipinski definition) is 10. The van der Waals surface area contributed by atoms with E-state index in [1.54, 1.807) is 6.07 Å². The third kappa shape index (κ3) is 5.27. The van der Waals surface area contributed by atoms with Crippen molar-refractivity contribution in [1.82, 2.24) is 0 Å². The van der Waals surface area contributed by atoms with Crippen LogP contribution in [0.15, 0.2) is 61.5 Å². The van der Waals surface area contributed by atoms with Crippen LogP contribution in [0.2, 0.25) is 0 Å². The predicted octanol–water partition coefficient (Wildman–Crippen LogP) is 1.94. The number of phenolic OH excluding ortho intramolecular Hbond substituents is 2. The molecule has 11 nitrogen and oxygen atoms in total. The minimum atomic E-state index is -3.70. The first kappa shape index (κ1) is 21.8. The Morgan fingerprint density at radius 3 is 2.07 bits per heavy atom. The molecule has 0 aliphatic rings. The topological polar surface area (TPSA) is 182 Å².